The molecule has 0 saturated carbocycles. The number of alkyl halides is 3. The van der Waals surface area contributed by atoms with Gasteiger partial charge in [0.1, 0.15) is 0 Å². The number of halogens is 3. The van der Waals surface area contributed by atoms with E-state index in [-0.39, 0.29) is 6.61 Å². The Bertz CT molecular complexity index is 603. The maximum absolute atomic E-state index is 12.6. The Labute approximate surface area is 127 Å². The Balaban J connectivity index is 2.28. The van der Waals surface area contributed by atoms with Gasteiger partial charge in [-0.2, -0.15) is 18.3 Å². The molecule has 0 amide bonds. The summed E-state index contributed by atoms with van der Waals surface area (Å²) in [6, 6.07) is 4.95. The molecule has 0 radical (unpaired) electrons. The highest BCUT2D eigenvalue weighted by Gasteiger charge is 2.30. The molecule has 2 aromatic rings. The van der Waals surface area contributed by atoms with Gasteiger partial charge in [0.15, 0.2) is 0 Å². The smallest absolute Gasteiger partial charge is 0.396 e. The van der Waals surface area contributed by atoms with Gasteiger partial charge in [0.25, 0.3) is 0 Å². The van der Waals surface area contributed by atoms with E-state index in [4.69, 9.17) is 5.11 Å². The minimum absolute atomic E-state index is 0.108. The maximum Gasteiger partial charge on any atom is 0.416 e. The molecular formula is C16H19F3N2O. The molecule has 2 rings (SSSR count). The minimum Gasteiger partial charge on any atom is -0.396 e. The predicted molar refractivity (Wildman–Crippen MR) is 78.0 cm³/mol. The lowest BCUT2D eigenvalue weighted by atomic mass is 10.1. The van der Waals surface area contributed by atoms with Crippen LogP contribution in [0.4, 0.5) is 13.2 Å². The number of nitrogens with zero attached hydrogens (tertiary/aromatic N) is 2. The topological polar surface area (TPSA) is 38.0 Å². The van der Waals surface area contributed by atoms with E-state index in [1.54, 1.807) is 4.68 Å². The highest BCUT2D eigenvalue weighted by molar-refractivity contribution is 5.36. The first kappa shape index (κ1) is 16.5. The van der Waals surface area contributed by atoms with Crippen molar-refractivity contribution in [3.05, 3.63) is 47.3 Å². The monoisotopic (exact) mass is 312 g/mol. The molecule has 0 aliphatic carbocycles. The molecule has 6 heteroatoms. The van der Waals surface area contributed by atoms with Crippen molar-refractivity contribution in [3.63, 3.8) is 0 Å². The van der Waals surface area contributed by atoms with Gasteiger partial charge in [0.05, 0.1) is 16.9 Å². The lowest BCUT2D eigenvalue weighted by molar-refractivity contribution is -0.137. The van der Waals surface area contributed by atoms with Crippen LogP contribution >= 0.6 is 0 Å². The second kappa shape index (κ2) is 6.96. The second-order valence-electron chi connectivity index (χ2n) is 5.17. The fraction of sp³-hybridized carbons (Fsp3) is 0.438. The summed E-state index contributed by atoms with van der Waals surface area (Å²) in [7, 11) is 0. The molecule has 0 bridgehead atoms. The number of rotatable bonds is 6. The number of hydrogen-bond donors (Lipinski definition) is 1. The van der Waals surface area contributed by atoms with Crippen LogP contribution in [0.2, 0.25) is 0 Å². The van der Waals surface area contributed by atoms with Gasteiger partial charge in [-0.15, -0.1) is 0 Å². The van der Waals surface area contributed by atoms with E-state index in [0.29, 0.717) is 18.5 Å². The zero-order chi connectivity index (χ0) is 16.2. The fourth-order valence-electron chi connectivity index (χ4n) is 2.31. The van der Waals surface area contributed by atoms with Gasteiger partial charge in [-0.3, -0.25) is 0 Å². The predicted octanol–water partition coefficient (Wildman–Crippen LogP) is 3.77. The van der Waals surface area contributed by atoms with Crippen molar-refractivity contribution in [1.82, 2.24) is 9.78 Å². The van der Waals surface area contributed by atoms with Crippen molar-refractivity contribution >= 4 is 0 Å². The summed E-state index contributed by atoms with van der Waals surface area (Å²) in [5.41, 5.74) is 1.91. The Kier molecular flexibility index (Phi) is 5.24. The van der Waals surface area contributed by atoms with Crippen molar-refractivity contribution in [2.24, 2.45) is 0 Å². The quantitative estimate of drug-likeness (QED) is 0.882. The molecule has 120 valence electrons. The molecule has 0 fully saturated rings. The standard InChI is InChI=1S/C16H19F3N2O/c1-2-4-15-12(5-3-10-22)11-21(20-15)14-8-6-13(7-9-14)16(17,18)19/h6-9,11,22H,2-5,10H2,1H3. The van der Waals surface area contributed by atoms with Crippen LogP contribution in [0.25, 0.3) is 5.69 Å². The number of hydrogen-bond acceptors (Lipinski definition) is 2. The van der Waals surface area contributed by atoms with E-state index in [2.05, 4.69) is 5.10 Å². The lowest BCUT2D eigenvalue weighted by Crippen LogP contribution is -2.05. The zero-order valence-electron chi connectivity index (χ0n) is 12.4. The van der Waals surface area contributed by atoms with Gasteiger partial charge < -0.3 is 5.11 Å². The van der Waals surface area contributed by atoms with E-state index in [1.165, 1.54) is 12.1 Å². The molecule has 1 aromatic carbocycles. The summed E-state index contributed by atoms with van der Waals surface area (Å²) < 4.78 is 39.4. The van der Waals surface area contributed by atoms with Crippen molar-refractivity contribution < 1.29 is 18.3 Å². The first-order chi connectivity index (χ1) is 10.5. The second-order valence-corrected chi connectivity index (χ2v) is 5.17. The highest BCUT2D eigenvalue weighted by atomic mass is 19.4. The number of aliphatic hydroxyl groups is 1. The van der Waals surface area contributed by atoms with Gasteiger partial charge >= 0.3 is 6.18 Å². The maximum atomic E-state index is 12.6. The number of benzene rings is 1. The van der Waals surface area contributed by atoms with Crippen molar-refractivity contribution in [1.29, 1.82) is 0 Å². The normalized spacial score (nSPS) is 11.9. The molecule has 1 aromatic heterocycles. The first-order valence-corrected chi connectivity index (χ1v) is 7.31. The molecule has 0 unspecified atom stereocenters. The number of aryl methyl sites for hydroxylation is 2. The van der Waals surface area contributed by atoms with E-state index in [1.807, 2.05) is 13.1 Å². The third kappa shape index (κ3) is 3.88. The summed E-state index contributed by atoms with van der Waals surface area (Å²) in [6.07, 6.45) is 0.623. The van der Waals surface area contributed by atoms with Gasteiger partial charge in [0.2, 0.25) is 0 Å². The van der Waals surface area contributed by atoms with Crippen LogP contribution in [0.1, 0.15) is 36.6 Å². The molecule has 0 aliphatic heterocycles. The summed E-state index contributed by atoms with van der Waals surface area (Å²) in [4.78, 5) is 0. The molecule has 22 heavy (non-hydrogen) atoms. The Hall–Kier alpha value is -1.82. The highest BCUT2D eigenvalue weighted by Crippen LogP contribution is 2.29. The molecule has 1 N–H and O–H groups in total. The van der Waals surface area contributed by atoms with Gasteiger partial charge in [-0.1, -0.05) is 13.3 Å². The zero-order valence-corrected chi connectivity index (χ0v) is 12.4. The van der Waals surface area contributed by atoms with Gasteiger partial charge in [-0.25, -0.2) is 4.68 Å². The van der Waals surface area contributed by atoms with E-state index in [0.717, 1.165) is 36.2 Å². The third-order valence-corrected chi connectivity index (χ3v) is 3.43. The lowest BCUT2D eigenvalue weighted by Gasteiger charge is -2.07. The van der Waals surface area contributed by atoms with Gasteiger partial charge in [0, 0.05) is 12.8 Å². The summed E-state index contributed by atoms with van der Waals surface area (Å²) in [5.74, 6) is 0. The Morgan fingerprint density at radius 2 is 1.82 bits per heavy atom. The Morgan fingerprint density at radius 1 is 1.14 bits per heavy atom. The molecule has 0 atom stereocenters. The molecule has 0 aliphatic rings. The van der Waals surface area contributed by atoms with Crippen LogP contribution in [0.5, 0.6) is 0 Å². The minimum atomic E-state index is -4.33. The molecule has 0 saturated heterocycles. The van der Waals surface area contributed by atoms with Crippen LogP contribution in [-0.2, 0) is 19.0 Å². The van der Waals surface area contributed by atoms with Crippen LogP contribution in [0.3, 0.4) is 0 Å². The van der Waals surface area contributed by atoms with E-state index < -0.39 is 11.7 Å². The van der Waals surface area contributed by atoms with Crippen molar-refractivity contribution in [3.8, 4) is 5.69 Å². The first-order valence-electron chi connectivity index (χ1n) is 7.31. The van der Waals surface area contributed by atoms with Crippen molar-refractivity contribution in [2.45, 2.75) is 38.8 Å². The van der Waals surface area contributed by atoms with Crippen LogP contribution in [0, 0.1) is 0 Å². The fourth-order valence-corrected chi connectivity index (χ4v) is 2.31. The largest absolute Gasteiger partial charge is 0.416 e. The van der Waals surface area contributed by atoms with E-state index in [9.17, 15) is 13.2 Å². The SMILES string of the molecule is CCCc1nn(-c2ccc(C(F)(F)F)cc2)cc1CCCO. The Morgan fingerprint density at radius 3 is 2.36 bits per heavy atom. The molecular weight excluding hydrogens is 293 g/mol. The molecule has 3 nitrogen and oxygen atoms in total. The van der Waals surface area contributed by atoms with Crippen molar-refractivity contribution in [2.75, 3.05) is 6.61 Å². The number of aliphatic hydroxyl groups excluding tert-OH is 1. The van der Waals surface area contributed by atoms with Gasteiger partial charge in [-0.05, 0) is 49.1 Å². The van der Waals surface area contributed by atoms with Crippen LogP contribution in [0.15, 0.2) is 30.5 Å². The third-order valence-electron chi connectivity index (χ3n) is 3.43. The molecule has 1 heterocycles. The summed E-state index contributed by atoms with van der Waals surface area (Å²) >= 11 is 0. The summed E-state index contributed by atoms with van der Waals surface area (Å²) in [6.45, 7) is 2.16. The van der Waals surface area contributed by atoms with Crippen LogP contribution in [-0.4, -0.2) is 21.5 Å². The van der Waals surface area contributed by atoms with Crippen LogP contribution < -0.4 is 0 Å². The van der Waals surface area contributed by atoms with E-state index >= 15 is 0 Å². The summed E-state index contributed by atoms with van der Waals surface area (Å²) in [5, 5.41) is 13.4. The molecule has 0 spiro atoms. The average Bonchev–Trinajstić information content (AvgIpc) is 2.88. The average molecular weight is 312 g/mol. The number of aromatic nitrogens is 2.